The lowest BCUT2D eigenvalue weighted by atomic mass is 9.89. The maximum Gasteiger partial charge on any atom is 0.194 e. The minimum Gasteiger partial charge on any atom is -0.493 e. The fraction of sp³-hybridized carbons (Fsp3) is 0.375. The first-order valence-electron chi connectivity index (χ1n) is 19.7. The number of fused-ring (bicyclic) bond motifs is 5. The second kappa shape index (κ2) is 18.5. The molecule has 6 rings (SSSR count). The van der Waals surface area contributed by atoms with Crippen LogP contribution in [0.25, 0.3) is 32.6 Å². The molecule has 0 fully saturated rings. The molecule has 0 spiro atoms. The number of nitroso groups, excluding NO2 is 1. The van der Waals surface area contributed by atoms with E-state index in [1.165, 1.54) is 13.5 Å². The van der Waals surface area contributed by atoms with Crippen molar-refractivity contribution < 1.29 is 19.5 Å². The first-order chi connectivity index (χ1) is 26.9. The molecule has 6 aromatic rings. The summed E-state index contributed by atoms with van der Waals surface area (Å²) >= 11 is 0. The zero-order chi connectivity index (χ0) is 40.6. The minimum atomic E-state index is -0.323. The predicted molar refractivity (Wildman–Crippen MR) is 231 cm³/mol. The second-order valence-corrected chi connectivity index (χ2v) is 15.4. The summed E-state index contributed by atoms with van der Waals surface area (Å²) in [5, 5.41) is 20.8. The number of oxime groups is 1. The number of hydrogen-bond acceptors (Lipinski definition) is 7. The molecule has 294 valence electrons. The molecule has 1 N–H and O–H groups in total. The van der Waals surface area contributed by atoms with Crippen molar-refractivity contribution in [3.05, 3.63) is 129 Å². The number of hydrogen-bond donors (Lipinski definition) is 1. The van der Waals surface area contributed by atoms with Crippen LogP contribution in [-0.2, 0) is 11.3 Å². The molecule has 1 aromatic heterocycles. The zero-order valence-electron chi connectivity index (χ0n) is 34.5. The summed E-state index contributed by atoms with van der Waals surface area (Å²) in [5.74, 6) is 1.18. The average Bonchev–Trinajstić information content (AvgIpc) is 3.49. The maximum absolute atomic E-state index is 14.7. The Morgan fingerprint density at radius 3 is 2.16 bits per heavy atom. The maximum atomic E-state index is 14.7. The molecule has 8 heteroatoms. The van der Waals surface area contributed by atoms with Crippen molar-refractivity contribution in [2.24, 2.45) is 16.3 Å². The van der Waals surface area contributed by atoms with Crippen molar-refractivity contribution in [1.82, 2.24) is 4.57 Å². The molecule has 0 saturated carbocycles. The van der Waals surface area contributed by atoms with E-state index in [1.54, 1.807) is 7.11 Å². The fourth-order valence-corrected chi connectivity index (χ4v) is 7.90. The van der Waals surface area contributed by atoms with Gasteiger partial charge in [0.05, 0.1) is 24.8 Å². The molecule has 0 aliphatic rings. The van der Waals surface area contributed by atoms with Crippen molar-refractivity contribution in [3.63, 3.8) is 0 Å². The van der Waals surface area contributed by atoms with Gasteiger partial charge >= 0.3 is 0 Å². The standard InChI is InChI=1S/C47H54N2O4.CH3NO/c1-9-11-16-33(10-2)29-49-41-22-21-34(44(48-51)37-19-14-15-20-42(37)53-24-23-47(6,7)52-8)27-38(41)39-28-40(35-17-12-13-18-36(35)45(39)49)46(50)43-31(4)25-30(3)26-32(43)5;1-2-3/h12-15,17-22,25-28,33,51H,9-11,16,23-24,29H2,1-8H3;1H3/b48-44+;. The van der Waals surface area contributed by atoms with Gasteiger partial charge in [0.25, 0.3) is 0 Å². The van der Waals surface area contributed by atoms with Gasteiger partial charge in [-0.2, -0.15) is 4.91 Å². The van der Waals surface area contributed by atoms with Gasteiger partial charge in [-0.3, -0.25) is 4.79 Å². The van der Waals surface area contributed by atoms with Crippen LogP contribution in [0.5, 0.6) is 5.75 Å². The molecule has 0 bridgehead atoms. The monoisotopic (exact) mass is 755 g/mol. The fourth-order valence-electron chi connectivity index (χ4n) is 7.90. The molecule has 1 heterocycles. The van der Waals surface area contributed by atoms with Crippen molar-refractivity contribution in [2.45, 2.75) is 92.7 Å². The second-order valence-electron chi connectivity index (χ2n) is 15.4. The first-order valence-corrected chi connectivity index (χ1v) is 19.7. The summed E-state index contributed by atoms with van der Waals surface area (Å²) in [6.45, 7) is 16.1. The van der Waals surface area contributed by atoms with E-state index in [2.05, 4.69) is 84.2 Å². The van der Waals surface area contributed by atoms with E-state index >= 15 is 0 Å². The SMILES string of the molecule is CCCCC(CC)Cn1c2ccc(/C(=N\O)c3ccccc3OCCC(C)(C)OC)cc2c2cc(C(=O)c3c(C)cc(C)cc3C)c3ccccc3c21.CN=O. The highest BCUT2D eigenvalue weighted by Gasteiger charge is 2.25. The normalized spacial score (nSPS) is 12.5. The van der Waals surface area contributed by atoms with E-state index in [9.17, 15) is 10.0 Å². The molecule has 56 heavy (non-hydrogen) atoms. The van der Waals surface area contributed by atoms with Gasteiger partial charge in [0.2, 0.25) is 0 Å². The molecular weight excluding hydrogens is 699 g/mol. The quantitative estimate of drug-likeness (QED) is 0.0369. The van der Waals surface area contributed by atoms with Crippen LogP contribution in [0.2, 0.25) is 0 Å². The third kappa shape index (κ3) is 8.87. The Bertz CT molecular complexity index is 2350. The van der Waals surface area contributed by atoms with Crippen LogP contribution in [-0.4, -0.2) is 47.6 Å². The van der Waals surface area contributed by atoms with Crippen molar-refractivity contribution >= 4 is 44.1 Å². The number of carbonyl (C=O) groups is 1. The van der Waals surface area contributed by atoms with Crippen LogP contribution in [0.1, 0.15) is 104 Å². The molecular formula is C48H57N3O5. The molecule has 5 aromatic carbocycles. The Morgan fingerprint density at radius 1 is 0.857 bits per heavy atom. The Hall–Kier alpha value is -5.34. The molecule has 0 saturated heterocycles. The van der Waals surface area contributed by atoms with Crippen LogP contribution < -0.4 is 4.74 Å². The number of rotatable bonds is 15. The smallest absolute Gasteiger partial charge is 0.194 e. The number of ketones is 1. The third-order valence-electron chi connectivity index (χ3n) is 11.0. The van der Waals surface area contributed by atoms with Crippen LogP contribution in [0, 0.1) is 31.6 Å². The summed E-state index contributed by atoms with van der Waals surface area (Å²) in [6, 6.07) is 28.6. The van der Waals surface area contributed by atoms with Crippen molar-refractivity contribution in [1.29, 1.82) is 0 Å². The number of methoxy groups -OCH3 is 1. The van der Waals surface area contributed by atoms with Gasteiger partial charge in [-0.15, -0.1) is 0 Å². The largest absolute Gasteiger partial charge is 0.493 e. The summed E-state index contributed by atoms with van der Waals surface area (Å²) in [6.07, 6.45) is 5.29. The summed E-state index contributed by atoms with van der Waals surface area (Å²) in [5.41, 5.74) is 8.36. The third-order valence-corrected chi connectivity index (χ3v) is 11.0. The minimum absolute atomic E-state index is 0.0323. The summed E-state index contributed by atoms with van der Waals surface area (Å²) in [4.78, 5) is 23.2. The Balaban J connectivity index is 0.00000194. The lowest BCUT2D eigenvalue weighted by molar-refractivity contribution is 0.00543. The molecule has 8 nitrogen and oxygen atoms in total. The highest BCUT2D eigenvalue weighted by molar-refractivity contribution is 6.27. The number of nitrogens with zero attached hydrogens (tertiary/aromatic N) is 3. The number of aryl methyl sites for hydroxylation is 3. The van der Waals surface area contributed by atoms with Crippen molar-refractivity contribution in [3.8, 4) is 5.75 Å². The Kier molecular flexibility index (Phi) is 13.8. The average molecular weight is 756 g/mol. The van der Waals surface area contributed by atoms with Crippen molar-refractivity contribution in [2.75, 3.05) is 20.8 Å². The van der Waals surface area contributed by atoms with E-state index in [0.717, 1.165) is 86.2 Å². The van der Waals surface area contributed by atoms with Gasteiger partial charge in [-0.25, -0.2) is 0 Å². The van der Waals surface area contributed by atoms with Crippen LogP contribution in [0.4, 0.5) is 0 Å². The van der Waals surface area contributed by atoms with Crippen LogP contribution in [0.15, 0.2) is 95.3 Å². The topological polar surface area (TPSA) is 102 Å². The molecule has 0 radical (unpaired) electrons. The van der Waals surface area contributed by atoms with Gasteiger partial charge in [0.1, 0.15) is 11.5 Å². The molecule has 0 aliphatic carbocycles. The number of benzene rings is 5. The van der Waals surface area contributed by atoms with Crippen LogP contribution >= 0.6 is 0 Å². The van der Waals surface area contributed by atoms with Gasteiger partial charge in [-0.1, -0.05) is 104 Å². The number of para-hydroxylation sites is 1. The molecule has 0 aliphatic heterocycles. The summed E-state index contributed by atoms with van der Waals surface area (Å²) < 4.78 is 14.3. The van der Waals surface area contributed by atoms with E-state index in [0.29, 0.717) is 41.5 Å². The van der Waals surface area contributed by atoms with Gasteiger partial charge in [0, 0.05) is 64.0 Å². The zero-order valence-corrected chi connectivity index (χ0v) is 34.5. The summed E-state index contributed by atoms with van der Waals surface area (Å²) in [7, 11) is 2.90. The van der Waals surface area contributed by atoms with Gasteiger partial charge in [0.15, 0.2) is 5.78 Å². The lowest BCUT2D eigenvalue weighted by Crippen LogP contribution is -2.25. The van der Waals surface area contributed by atoms with Gasteiger partial charge in [-0.05, 0) is 93.8 Å². The van der Waals surface area contributed by atoms with E-state index in [1.807, 2.05) is 64.1 Å². The Labute approximate surface area is 331 Å². The Morgan fingerprint density at radius 2 is 1.52 bits per heavy atom. The van der Waals surface area contributed by atoms with E-state index in [-0.39, 0.29) is 11.4 Å². The van der Waals surface area contributed by atoms with Crippen LogP contribution in [0.3, 0.4) is 0 Å². The number of carbonyl (C=O) groups excluding carboxylic acids is 1. The van der Waals surface area contributed by atoms with Gasteiger partial charge < -0.3 is 19.2 Å². The molecule has 1 unspecified atom stereocenters. The predicted octanol–water partition coefficient (Wildman–Crippen LogP) is 12.1. The first kappa shape index (κ1) is 41.8. The van der Waals surface area contributed by atoms with E-state index < -0.39 is 0 Å². The molecule has 0 amide bonds. The van der Waals surface area contributed by atoms with E-state index in [4.69, 9.17) is 14.4 Å². The highest BCUT2D eigenvalue weighted by Crippen LogP contribution is 2.39. The number of unbranched alkanes of at least 4 members (excludes halogenated alkanes) is 1. The highest BCUT2D eigenvalue weighted by atomic mass is 16.5. The number of ether oxygens (including phenoxy) is 2. The molecule has 1 atom stereocenters. The lowest BCUT2D eigenvalue weighted by Gasteiger charge is -2.23. The number of aromatic nitrogens is 1.